The zero-order chi connectivity index (χ0) is 22.7. The highest BCUT2D eigenvalue weighted by molar-refractivity contribution is 7.99. The van der Waals surface area contributed by atoms with Crippen LogP contribution in [0.5, 0.6) is 11.5 Å². The number of aromatic amines is 1. The third kappa shape index (κ3) is 4.28. The summed E-state index contributed by atoms with van der Waals surface area (Å²) in [4.78, 5) is 23.9. The standard InChI is InChI=1S/C21H20N6O4S/c1-30-14-7-8-16(31-2)17(11-14)32-21-24-18-19(22)23-12-26(20(18)25-21)10-9-13-5-3-4-6-15(13)27(28)29/h3-8,11-12H,9-10H2,1-2H3,(H2,22,24,25)/p+1. The smallest absolute Gasteiger partial charge is 0.294 e. The molecule has 0 saturated carbocycles. The van der Waals surface area contributed by atoms with E-state index in [2.05, 4.69) is 15.0 Å². The summed E-state index contributed by atoms with van der Waals surface area (Å²) in [6, 6.07) is 12.2. The Balaban J connectivity index is 1.65. The lowest BCUT2D eigenvalue weighted by Crippen LogP contribution is -2.36. The molecule has 32 heavy (non-hydrogen) atoms. The number of hydrogen-bond donors (Lipinski definition) is 2. The van der Waals surface area contributed by atoms with Gasteiger partial charge in [0.25, 0.3) is 11.3 Å². The Morgan fingerprint density at radius 2 is 2.03 bits per heavy atom. The first kappa shape index (κ1) is 21.4. The number of nitrogens with one attached hydrogen (secondary N) is 1. The predicted molar refractivity (Wildman–Crippen MR) is 119 cm³/mol. The van der Waals surface area contributed by atoms with Gasteiger partial charge in [-0.2, -0.15) is 0 Å². The maximum atomic E-state index is 11.3. The number of H-pyrrole nitrogens is 1. The van der Waals surface area contributed by atoms with Gasteiger partial charge < -0.3 is 20.2 Å². The molecule has 0 spiro atoms. The molecule has 2 heterocycles. The van der Waals surface area contributed by atoms with Crippen molar-refractivity contribution in [3.8, 4) is 11.5 Å². The predicted octanol–water partition coefficient (Wildman–Crippen LogP) is 3.15. The summed E-state index contributed by atoms with van der Waals surface area (Å²) in [5, 5.41) is 11.9. The first-order valence-electron chi connectivity index (χ1n) is 9.66. The van der Waals surface area contributed by atoms with E-state index in [0.717, 1.165) is 4.90 Å². The van der Waals surface area contributed by atoms with Gasteiger partial charge >= 0.3 is 0 Å². The molecule has 0 atom stereocenters. The number of ether oxygens (including phenoxy) is 2. The molecule has 0 bridgehead atoms. The Morgan fingerprint density at radius 3 is 2.78 bits per heavy atom. The van der Waals surface area contributed by atoms with Crippen molar-refractivity contribution in [2.45, 2.75) is 23.0 Å². The van der Waals surface area contributed by atoms with Crippen LogP contribution in [-0.4, -0.2) is 34.1 Å². The summed E-state index contributed by atoms with van der Waals surface area (Å²) in [6.45, 7) is 0.450. The zero-order valence-corrected chi connectivity index (χ0v) is 18.3. The number of nitro benzene ring substituents is 1. The van der Waals surface area contributed by atoms with E-state index in [1.807, 2.05) is 22.8 Å². The van der Waals surface area contributed by atoms with Crippen LogP contribution in [0.3, 0.4) is 0 Å². The van der Waals surface area contributed by atoms with Gasteiger partial charge in [0.2, 0.25) is 17.3 Å². The maximum Gasteiger partial charge on any atom is 0.294 e. The highest BCUT2D eigenvalue weighted by atomic mass is 32.2. The fourth-order valence-electron chi connectivity index (χ4n) is 3.30. The second-order valence-corrected chi connectivity index (χ2v) is 7.85. The van der Waals surface area contributed by atoms with Crippen LogP contribution >= 0.6 is 11.8 Å². The zero-order valence-electron chi connectivity index (χ0n) is 17.4. The van der Waals surface area contributed by atoms with Crippen LogP contribution in [0.25, 0.3) is 11.2 Å². The number of benzene rings is 2. The third-order valence-electron chi connectivity index (χ3n) is 4.92. The van der Waals surface area contributed by atoms with E-state index in [9.17, 15) is 10.1 Å². The summed E-state index contributed by atoms with van der Waals surface area (Å²) < 4.78 is 12.6. The minimum atomic E-state index is -0.373. The summed E-state index contributed by atoms with van der Waals surface area (Å²) in [7, 11) is 3.20. The van der Waals surface area contributed by atoms with Crippen LogP contribution in [0.4, 0.5) is 11.5 Å². The molecule has 0 fully saturated rings. The molecule has 2 aromatic carbocycles. The van der Waals surface area contributed by atoms with Gasteiger partial charge in [-0.1, -0.05) is 28.2 Å². The van der Waals surface area contributed by atoms with Crippen molar-refractivity contribution in [1.82, 2.24) is 15.0 Å². The summed E-state index contributed by atoms with van der Waals surface area (Å²) >= 11 is 1.37. The van der Waals surface area contributed by atoms with Gasteiger partial charge in [-0.05, 0) is 30.0 Å². The van der Waals surface area contributed by atoms with E-state index in [-0.39, 0.29) is 10.6 Å². The fourth-order valence-corrected chi connectivity index (χ4v) is 4.22. The molecule has 0 aliphatic heterocycles. The second-order valence-electron chi connectivity index (χ2n) is 6.82. The second kappa shape index (κ2) is 9.10. The molecule has 0 aliphatic carbocycles. The van der Waals surface area contributed by atoms with Gasteiger partial charge in [0.15, 0.2) is 5.52 Å². The first-order valence-corrected chi connectivity index (χ1v) is 10.5. The lowest BCUT2D eigenvalue weighted by atomic mass is 10.1. The van der Waals surface area contributed by atoms with E-state index in [4.69, 9.17) is 15.2 Å². The van der Waals surface area contributed by atoms with Crippen molar-refractivity contribution in [2.75, 3.05) is 20.0 Å². The van der Waals surface area contributed by atoms with Gasteiger partial charge in [-0.25, -0.2) is 4.57 Å². The quantitative estimate of drug-likeness (QED) is 0.236. The number of rotatable bonds is 8. The third-order valence-corrected chi connectivity index (χ3v) is 5.84. The van der Waals surface area contributed by atoms with Crippen LogP contribution in [0, 0.1) is 10.1 Å². The van der Waals surface area contributed by atoms with Crippen molar-refractivity contribution in [3.63, 3.8) is 0 Å². The lowest BCUT2D eigenvalue weighted by molar-refractivity contribution is -0.675. The molecule has 10 nitrogen and oxygen atoms in total. The molecule has 4 rings (SSSR count). The topological polar surface area (TPSA) is 133 Å². The van der Waals surface area contributed by atoms with Crippen LogP contribution in [0.1, 0.15) is 5.56 Å². The molecular weight excluding hydrogens is 432 g/mol. The SMILES string of the molecule is COc1ccc(OC)c(Sc2nc3c([nH]2)c(N)nc[n+]3CCc2ccccc2[N+](=O)[O-])c1. The molecule has 2 aromatic heterocycles. The molecule has 0 unspecified atom stereocenters. The number of nitro groups is 1. The number of para-hydroxylation sites is 1. The molecule has 0 radical (unpaired) electrons. The van der Waals surface area contributed by atoms with E-state index >= 15 is 0 Å². The van der Waals surface area contributed by atoms with Crippen molar-refractivity contribution < 1.29 is 19.0 Å². The minimum absolute atomic E-state index is 0.0936. The molecule has 164 valence electrons. The molecule has 0 saturated heterocycles. The van der Waals surface area contributed by atoms with Crippen LogP contribution in [0.2, 0.25) is 0 Å². The van der Waals surface area contributed by atoms with Crippen molar-refractivity contribution in [3.05, 3.63) is 64.5 Å². The van der Waals surface area contributed by atoms with E-state index < -0.39 is 0 Å². The number of hydrogen-bond acceptors (Lipinski definition) is 8. The Hall–Kier alpha value is -3.86. The molecular formula is C21H21N6O4S+. The Labute approximate surface area is 187 Å². The maximum absolute atomic E-state index is 11.3. The van der Waals surface area contributed by atoms with Crippen LogP contribution in [0.15, 0.2) is 58.8 Å². The highest BCUT2D eigenvalue weighted by Crippen LogP contribution is 2.36. The number of aromatic nitrogens is 4. The fraction of sp³-hybridized carbons (Fsp3) is 0.190. The number of nitrogen functional groups attached to an aromatic ring is 1. The largest absolute Gasteiger partial charge is 0.497 e. The van der Waals surface area contributed by atoms with Gasteiger partial charge in [-0.3, -0.25) is 10.1 Å². The highest BCUT2D eigenvalue weighted by Gasteiger charge is 2.21. The summed E-state index contributed by atoms with van der Waals surface area (Å²) in [6.07, 6.45) is 2.04. The number of imidazole rings is 1. The molecule has 4 aromatic rings. The van der Waals surface area contributed by atoms with E-state index in [1.165, 1.54) is 17.8 Å². The Morgan fingerprint density at radius 1 is 1.22 bits per heavy atom. The number of methoxy groups -OCH3 is 2. The van der Waals surface area contributed by atoms with Crippen LogP contribution < -0.4 is 19.8 Å². The molecule has 0 amide bonds. The van der Waals surface area contributed by atoms with Crippen molar-refractivity contribution in [1.29, 1.82) is 0 Å². The number of nitrogens with two attached hydrogens (primary N) is 1. The van der Waals surface area contributed by atoms with Crippen LogP contribution in [-0.2, 0) is 13.0 Å². The van der Waals surface area contributed by atoms with E-state index in [0.29, 0.717) is 52.2 Å². The average Bonchev–Trinajstić information content (AvgIpc) is 3.23. The monoisotopic (exact) mass is 453 g/mol. The van der Waals surface area contributed by atoms with Crippen molar-refractivity contribution >= 4 is 34.4 Å². The van der Waals surface area contributed by atoms with Gasteiger partial charge in [0.05, 0.1) is 30.6 Å². The van der Waals surface area contributed by atoms with Gasteiger partial charge in [-0.15, -0.1) is 0 Å². The Kier molecular flexibility index (Phi) is 6.08. The molecule has 11 heteroatoms. The number of nitrogens with zero attached hydrogens (tertiary/aromatic N) is 4. The average molecular weight is 454 g/mol. The molecule has 0 aliphatic rings. The van der Waals surface area contributed by atoms with Crippen molar-refractivity contribution in [2.24, 2.45) is 0 Å². The first-order chi connectivity index (χ1) is 15.5. The number of fused-ring (bicyclic) bond motifs is 1. The summed E-state index contributed by atoms with van der Waals surface area (Å²) in [5.74, 6) is 1.70. The van der Waals surface area contributed by atoms with Gasteiger partial charge in [0, 0.05) is 18.1 Å². The Bertz CT molecular complexity index is 1290. The molecule has 3 N–H and O–H groups in total. The summed E-state index contributed by atoms with van der Waals surface area (Å²) in [5.41, 5.74) is 8.01. The normalized spacial score (nSPS) is 10.9. The minimum Gasteiger partial charge on any atom is -0.497 e. The lowest BCUT2D eigenvalue weighted by Gasteiger charge is -2.07. The number of anilines is 1. The van der Waals surface area contributed by atoms with Gasteiger partial charge in [0.1, 0.15) is 11.5 Å². The number of aryl methyl sites for hydroxylation is 2. The van der Waals surface area contributed by atoms with E-state index in [1.54, 1.807) is 38.7 Å².